The predicted octanol–water partition coefficient (Wildman–Crippen LogP) is 2.95. The molecule has 0 radical (unpaired) electrons. The highest BCUT2D eigenvalue weighted by Crippen LogP contribution is 2.34. The SMILES string of the molecule is CN1C(=O)N(C[C@H]2CC[C@H](C(=O)N3CCN(C(=O)C4CC4)CC3)CC2)Cc2ccccc21. The first kappa shape index (κ1) is 21.3. The maximum Gasteiger partial charge on any atom is 0.324 e. The second kappa shape index (κ2) is 8.75. The fourth-order valence-corrected chi connectivity index (χ4v) is 5.60. The van der Waals surface area contributed by atoms with E-state index in [-0.39, 0.29) is 29.7 Å². The monoisotopic (exact) mass is 438 g/mol. The maximum atomic E-state index is 13.1. The zero-order valence-corrected chi connectivity index (χ0v) is 19.0. The lowest BCUT2D eigenvalue weighted by atomic mass is 9.81. The van der Waals surface area contributed by atoms with Crippen LogP contribution in [-0.4, -0.2) is 72.3 Å². The van der Waals surface area contributed by atoms with E-state index in [0.717, 1.165) is 50.8 Å². The Hall–Kier alpha value is -2.57. The third kappa shape index (κ3) is 4.21. The van der Waals surface area contributed by atoms with Gasteiger partial charge in [0.1, 0.15) is 0 Å². The summed E-state index contributed by atoms with van der Waals surface area (Å²) in [6, 6.07) is 8.17. The molecule has 0 atom stereocenters. The molecule has 32 heavy (non-hydrogen) atoms. The summed E-state index contributed by atoms with van der Waals surface area (Å²) < 4.78 is 0. The van der Waals surface area contributed by atoms with Crippen LogP contribution in [0.3, 0.4) is 0 Å². The topological polar surface area (TPSA) is 64.2 Å². The number of fused-ring (bicyclic) bond motifs is 1. The average Bonchev–Trinajstić information content (AvgIpc) is 3.68. The number of piperazine rings is 1. The third-order valence-electron chi connectivity index (χ3n) is 7.78. The van der Waals surface area contributed by atoms with Gasteiger partial charge in [-0.15, -0.1) is 0 Å². The summed E-state index contributed by atoms with van der Waals surface area (Å²) in [7, 11) is 1.85. The van der Waals surface area contributed by atoms with Gasteiger partial charge < -0.3 is 14.7 Å². The van der Waals surface area contributed by atoms with E-state index in [2.05, 4.69) is 6.07 Å². The number of benzene rings is 1. The van der Waals surface area contributed by atoms with Gasteiger partial charge in [0.05, 0.1) is 5.69 Å². The summed E-state index contributed by atoms with van der Waals surface area (Å²) >= 11 is 0. The molecule has 7 nitrogen and oxygen atoms in total. The number of hydrogen-bond donors (Lipinski definition) is 0. The maximum absolute atomic E-state index is 13.1. The highest BCUT2D eigenvalue weighted by Gasteiger charge is 2.37. The molecule has 3 fully saturated rings. The number of hydrogen-bond acceptors (Lipinski definition) is 3. The van der Waals surface area contributed by atoms with Crippen molar-refractivity contribution in [1.82, 2.24) is 14.7 Å². The van der Waals surface area contributed by atoms with Gasteiger partial charge in [0.2, 0.25) is 11.8 Å². The van der Waals surface area contributed by atoms with E-state index in [0.29, 0.717) is 38.6 Å². The van der Waals surface area contributed by atoms with Crippen LogP contribution in [0.1, 0.15) is 44.1 Å². The van der Waals surface area contributed by atoms with Gasteiger partial charge in [-0.05, 0) is 56.1 Å². The van der Waals surface area contributed by atoms with Crippen molar-refractivity contribution < 1.29 is 14.4 Å². The summed E-state index contributed by atoms with van der Waals surface area (Å²) in [5.74, 6) is 1.36. The molecule has 2 saturated carbocycles. The molecule has 172 valence electrons. The van der Waals surface area contributed by atoms with Crippen molar-refractivity contribution in [3.8, 4) is 0 Å². The molecular weight excluding hydrogens is 404 g/mol. The number of carbonyl (C=O) groups is 3. The Balaban J connectivity index is 1.10. The molecule has 0 N–H and O–H groups in total. The molecule has 4 amide bonds. The molecular formula is C25H34N4O3. The van der Waals surface area contributed by atoms with Crippen molar-refractivity contribution in [2.75, 3.05) is 44.7 Å². The van der Waals surface area contributed by atoms with E-state index in [9.17, 15) is 14.4 Å². The number of urea groups is 1. The van der Waals surface area contributed by atoms with Gasteiger partial charge >= 0.3 is 6.03 Å². The zero-order chi connectivity index (χ0) is 22.2. The fraction of sp³-hybridized carbons (Fsp3) is 0.640. The minimum Gasteiger partial charge on any atom is -0.339 e. The summed E-state index contributed by atoms with van der Waals surface area (Å²) in [6.07, 6.45) is 5.86. The van der Waals surface area contributed by atoms with Crippen LogP contribution in [0.15, 0.2) is 24.3 Å². The van der Waals surface area contributed by atoms with E-state index in [1.54, 1.807) is 4.90 Å². The van der Waals surface area contributed by atoms with Crippen molar-refractivity contribution in [1.29, 1.82) is 0 Å². The number of amides is 4. The minimum atomic E-state index is 0.0699. The molecule has 7 heteroatoms. The molecule has 2 aliphatic carbocycles. The van der Waals surface area contributed by atoms with Gasteiger partial charge in [-0.2, -0.15) is 0 Å². The van der Waals surface area contributed by atoms with Gasteiger partial charge in [0.25, 0.3) is 0 Å². The van der Waals surface area contributed by atoms with Crippen LogP contribution in [0, 0.1) is 17.8 Å². The van der Waals surface area contributed by atoms with Gasteiger partial charge in [0.15, 0.2) is 0 Å². The molecule has 2 heterocycles. The molecule has 0 aromatic heterocycles. The highest BCUT2D eigenvalue weighted by atomic mass is 16.2. The van der Waals surface area contributed by atoms with Crippen LogP contribution in [0.25, 0.3) is 0 Å². The molecule has 0 bridgehead atoms. The number of rotatable bonds is 4. The summed E-state index contributed by atoms with van der Waals surface area (Å²) in [5.41, 5.74) is 2.19. The number of para-hydroxylation sites is 1. The molecule has 4 aliphatic rings. The van der Waals surface area contributed by atoms with E-state index in [1.165, 1.54) is 5.56 Å². The quantitative estimate of drug-likeness (QED) is 0.726. The molecule has 1 aromatic carbocycles. The van der Waals surface area contributed by atoms with Crippen LogP contribution in [0.5, 0.6) is 0 Å². The van der Waals surface area contributed by atoms with E-state index >= 15 is 0 Å². The van der Waals surface area contributed by atoms with Crippen LogP contribution in [0.4, 0.5) is 10.5 Å². The summed E-state index contributed by atoms with van der Waals surface area (Å²) in [5, 5.41) is 0. The Labute approximate surface area is 190 Å². The van der Waals surface area contributed by atoms with Gasteiger partial charge in [0, 0.05) is 58.2 Å². The molecule has 0 spiro atoms. The summed E-state index contributed by atoms with van der Waals surface area (Å²) in [6.45, 7) is 4.14. The Morgan fingerprint density at radius 1 is 0.844 bits per heavy atom. The van der Waals surface area contributed by atoms with Crippen molar-refractivity contribution >= 4 is 23.5 Å². The van der Waals surface area contributed by atoms with Crippen LogP contribution >= 0.6 is 0 Å². The smallest absolute Gasteiger partial charge is 0.324 e. The number of anilines is 1. The Morgan fingerprint density at radius 3 is 1.94 bits per heavy atom. The lowest BCUT2D eigenvalue weighted by molar-refractivity contribution is -0.143. The molecule has 0 unspecified atom stereocenters. The van der Waals surface area contributed by atoms with Crippen molar-refractivity contribution in [2.24, 2.45) is 17.8 Å². The normalized spacial score (nSPS) is 26.2. The van der Waals surface area contributed by atoms with Gasteiger partial charge in [-0.3, -0.25) is 14.5 Å². The van der Waals surface area contributed by atoms with Crippen molar-refractivity contribution in [2.45, 2.75) is 45.1 Å². The summed E-state index contributed by atoms with van der Waals surface area (Å²) in [4.78, 5) is 45.8. The molecule has 5 rings (SSSR count). The second-order valence-electron chi connectivity index (χ2n) is 9.99. The van der Waals surface area contributed by atoms with Crippen LogP contribution < -0.4 is 4.90 Å². The standard InChI is InChI=1S/C25H34N4O3/c1-26-22-5-3-2-4-21(22)17-29(25(26)32)16-18-6-8-19(9-7-18)23(30)27-12-14-28(15-13-27)24(31)20-10-11-20/h2-5,18-20H,6-17H2,1H3/t18-,19-. The Bertz CT molecular complexity index is 883. The molecule has 2 aliphatic heterocycles. The first-order valence-corrected chi connectivity index (χ1v) is 12.2. The average molecular weight is 439 g/mol. The van der Waals surface area contributed by atoms with Crippen molar-refractivity contribution in [3.05, 3.63) is 29.8 Å². The Kier molecular flexibility index (Phi) is 5.82. The number of nitrogens with zero attached hydrogens (tertiary/aromatic N) is 4. The van der Waals surface area contributed by atoms with Crippen LogP contribution in [0.2, 0.25) is 0 Å². The van der Waals surface area contributed by atoms with Crippen LogP contribution in [-0.2, 0) is 16.1 Å². The first-order valence-electron chi connectivity index (χ1n) is 12.2. The zero-order valence-electron chi connectivity index (χ0n) is 19.0. The fourth-order valence-electron chi connectivity index (χ4n) is 5.60. The van der Waals surface area contributed by atoms with E-state index < -0.39 is 0 Å². The largest absolute Gasteiger partial charge is 0.339 e. The van der Waals surface area contributed by atoms with Gasteiger partial charge in [-0.1, -0.05) is 18.2 Å². The molecule has 1 aromatic rings. The molecule has 1 saturated heterocycles. The highest BCUT2D eigenvalue weighted by molar-refractivity contribution is 5.94. The number of carbonyl (C=O) groups excluding carboxylic acids is 3. The van der Waals surface area contributed by atoms with Crippen molar-refractivity contribution in [3.63, 3.8) is 0 Å². The van der Waals surface area contributed by atoms with E-state index in [4.69, 9.17) is 0 Å². The predicted molar refractivity (Wildman–Crippen MR) is 122 cm³/mol. The lowest BCUT2D eigenvalue weighted by Gasteiger charge is -2.40. The second-order valence-corrected chi connectivity index (χ2v) is 9.99. The first-order chi connectivity index (χ1) is 15.5. The minimum absolute atomic E-state index is 0.0699. The third-order valence-corrected chi connectivity index (χ3v) is 7.78. The van der Waals surface area contributed by atoms with Gasteiger partial charge in [-0.25, -0.2) is 4.79 Å². The Morgan fingerprint density at radius 2 is 1.38 bits per heavy atom. The lowest BCUT2D eigenvalue weighted by Crippen LogP contribution is -2.52. The van der Waals surface area contributed by atoms with E-state index in [1.807, 2.05) is 39.9 Å².